The molecule has 1 aliphatic carbocycles. The van der Waals surface area contributed by atoms with Gasteiger partial charge in [-0.15, -0.1) is 0 Å². The van der Waals surface area contributed by atoms with Gasteiger partial charge in [-0.25, -0.2) is 14.4 Å². The van der Waals surface area contributed by atoms with Crippen molar-refractivity contribution in [1.82, 2.24) is 0 Å². The van der Waals surface area contributed by atoms with Crippen LogP contribution in [0.4, 0.5) is 0 Å². The monoisotopic (exact) mass is 432 g/mol. The van der Waals surface area contributed by atoms with Crippen molar-refractivity contribution in [2.24, 2.45) is 0 Å². The molecule has 3 rings (SSSR count). The lowest BCUT2D eigenvalue weighted by atomic mass is 9.90. The summed E-state index contributed by atoms with van der Waals surface area (Å²) in [6.07, 6.45) is 1.44. The number of benzene rings is 1. The molecule has 0 N–H and O–H groups in total. The smallest absolute Gasteiger partial charge is 0.347 e. The van der Waals surface area contributed by atoms with E-state index in [0.717, 1.165) is 18.4 Å². The van der Waals surface area contributed by atoms with Crippen molar-refractivity contribution in [2.75, 3.05) is 13.2 Å². The van der Waals surface area contributed by atoms with Gasteiger partial charge in [0.05, 0.1) is 18.6 Å². The summed E-state index contributed by atoms with van der Waals surface area (Å²) in [5, 5.41) is 0.640. The number of esters is 2. The Balaban J connectivity index is 2.08. The number of ether oxygens (including phenoxy) is 4. The molecule has 2 aromatic rings. The Labute approximate surface area is 180 Å². The molecule has 168 valence electrons. The average molecular weight is 432 g/mol. The number of rotatable bonds is 8. The lowest BCUT2D eigenvalue weighted by Crippen LogP contribution is -2.27. The van der Waals surface area contributed by atoms with E-state index < -0.39 is 24.1 Å². The summed E-state index contributed by atoms with van der Waals surface area (Å²) < 4.78 is 27.3. The highest BCUT2D eigenvalue weighted by atomic mass is 16.6. The second-order valence-electron chi connectivity index (χ2n) is 7.37. The van der Waals surface area contributed by atoms with Crippen molar-refractivity contribution in [3.8, 4) is 11.5 Å². The fourth-order valence-electron chi connectivity index (χ4n) is 3.68. The first kappa shape index (κ1) is 22.7. The van der Waals surface area contributed by atoms with Gasteiger partial charge in [0.1, 0.15) is 17.1 Å². The van der Waals surface area contributed by atoms with Crippen LogP contribution >= 0.6 is 0 Å². The van der Waals surface area contributed by atoms with Crippen molar-refractivity contribution in [2.45, 2.75) is 65.6 Å². The highest BCUT2D eigenvalue weighted by Crippen LogP contribution is 2.37. The van der Waals surface area contributed by atoms with E-state index in [0.29, 0.717) is 29.5 Å². The predicted molar refractivity (Wildman–Crippen MR) is 113 cm³/mol. The van der Waals surface area contributed by atoms with Crippen LogP contribution in [0.5, 0.6) is 11.5 Å². The van der Waals surface area contributed by atoms with Crippen LogP contribution < -0.4 is 15.1 Å². The van der Waals surface area contributed by atoms with Gasteiger partial charge in [0, 0.05) is 17.7 Å². The van der Waals surface area contributed by atoms with Crippen molar-refractivity contribution in [3.05, 3.63) is 33.7 Å². The summed E-state index contributed by atoms with van der Waals surface area (Å²) in [6, 6.07) is 3.16. The maximum atomic E-state index is 12.5. The van der Waals surface area contributed by atoms with E-state index in [4.69, 9.17) is 23.4 Å². The highest BCUT2D eigenvalue weighted by Gasteiger charge is 2.25. The molecule has 8 heteroatoms. The normalized spacial score (nSPS) is 15.0. The molecule has 8 nitrogen and oxygen atoms in total. The number of hydrogen-bond acceptors (Lipinski definition) is 8. The van der Waals surface area contributed by atoms with Gasteiger partial charge < -0.3 is 23.4 Å². The fourth-order valence-corrected chi connectivity index (χ4v) is 3.68. The first-order chi connectivity index (χ1) is 14.8. The number of fused-ring (bicyclic) bond motifs is 3. The molecule has 0 amide bonds. The molecule has 0 fully saturated rings. The molecule has 0 saturated heterocycles. The fraction of sp³-hybridized carbons (Fsp3) is 0.522. The minimum Gasteiger partial charge on any atom is -0.479 e. The molecule has 0 saturated carbocycles. The van der Waals surface area contributed by atoms with Crippen molar-refractivity contribution < 1.29 is 33.0 Å². The van der Waals surface area contributed by atoms with Gasteiger partial charge >= 0.3 is 17.6 Å². The largest absolute Gasteiger partial charge is 0.479 e. The van der Waals surface area contributed by atoms with Crippen LogP contribution in [-0.2, 0) is 31.9 Å². The zero-order chi connectivity index (χ0) is 22.5. The summed E-state index contributed by atoms with van der Waals surface area (Å²) in [4.78, 5) is 36.6. The van der Waals surface area contributed by atoms with E-state index in [-0.39, 0.29) is 30.2 Å². The van der Waals surface area contributed by atoms with Crippen LogP contribution in [0.25, 0.3) is 11.0 Å². The van der Waals surface area contributed by atoms with E-state index in [1.165, 1.54) is 0 Å². The zero-order valence-corrected chi connectivity index (χ0v) is 18.3. The molecule has 0 spiro atoms. The number of aryl methyl sites for hydroxylation is 1. The first-order valence-corrected chi connectivity index (χ1v) is 10.6. The predicted octanol–water partition coefficient (Wildman–Crippen LogP) is 3.33. The molecule has 0 radical (unpaired) electrons. The van der Waals surface area contributed by atoms with Crippen molar-refractivity contribution in [1.29, 1.82) is 0 Å². The molecule has 1 aromatic heterocycles. The molecule has 0 bridgehead atoms. The molecule has 1 aromatic carbocycles. The van der Waals surface area contributed by atoms with E-state index >= 15 is 0 Å². The Morgan fingerprint density at radius 2 is 1.52 bits per heavy atom. The van der Waals surface area contributed by atoms with Crippen molar-refractivity contribution in [3.63, 3.8) is 0 Å². The molecule has 1 aliphatic rings. The van der Waals surface area contributed by atoms with E-state index in [1.54, 1.807) is 39.8 Å². The Kier molecular flexibility index (Phi) is 7.20. The second kappa shape index (κ2) is 9.85. The van der Waals surface area contributed by atoms with E-state index in [2.05, 4.69) is 0 Å². The lowest BCUT2D eigenvalue weighted by Gasteiger charge is -2.21. The van der Waals surface area contributed by atoms with E-state index in [9.17, 15) is 14.4 Å². The Hall–Kier alpha value is -3.03. The third-order valence-electron chi connectivity index (χ3n) is 5.11. The Morgan fingerprint density at radius 3 is 2.13 bits per heavy atom. The second-order valence-corrected chi connectivity index (χ2v) is 7.37. The van der Waals surface area contributed by atoms with Gasteiger partial charge in [0.2, 0.25) is 0 Å². The minimum absolute atomic E-state index is 0.233. The quantitative estimate of drug-likeness (QED) is 0.462. The van der Waals surface area contributed by atoms with Crippen LogP contribution in [0.2, 0.25) is 0 Å². The van der Waals surface area contributed by atoms with Gasteiger partial charge in [0.25, 0.3) is 0 Å². The summed E-state index contributed by atoms with van der Waals surface area (Å²) in [5.74, 6) is -0.422. The topological polar surface area (TPSA) is 101 Å². The summed E-state index contributed by atoms with van der Waals surface area (Å²) in [6.45, 7) is 7.04. The molecule has 0 unspecified atom stereocenters. The number of hydrogen-bond donors (Lipinski definition) is 0. The minimum atomic E-state index is -0.882. The Bertz CT molecular complexity index is 1020. The number of carbonyl (C=O) groups excluding carboxylic acids is 2. The first-order valence-electron chi connectivity index (χ1n) is 10.6. The van der Waals surface area contributed by atoms with Crippen molar-refractivity contribution >= 4 is 22.9 Å². The maximum absolute atomic E-state index is 12.5. The molecule has 0 aliphatic heterocycles. The van der Waals surface area contributed by atoms with E-state index in [1.807, 2.05) is 0 Å². The van der Waals surface area contributed by atoms with Gasteiger partial charge in [-0.05, 0) is 58.9 Å². The maximum Gasteiger partial charge on any atom is 0.347 e. The molecule has 2 atom stereocenters. The van der Waals surface area contributed by atoms with Gasteiger partial charge in [-0.2, -0.15) is 0 Å². The molecule has 31 heavy (non-hydrogen) atoms. The SMILES string of the molecule is CCOC(=O)[C@@H](C)Oc1cc(O[C@H](C)C(=O)OCC)c2c3c(c(=O)oc2c1)CCCC3. The average Bonchev–Trinajstić information content (AvgIpc) is 2.74. The van der Waals surface area contributed by atoms with Gasteiger partial charge in [-0.3, -0.25) is 0 Å². The lowest BCUT2D eigenvalue weighted by molar-refractivity contribution is -0.151. The highest BCUT2D eigenvalue weighted by molar-refractivity contribution is 5.90. The van der Waals surface area contributed by atoms with Crippen LogP contribution in [0.15, 0.2) is 21.3 Å². The van der Waals surface area contributed by atoms with Crippen LogP contribution in [-0.4, -0.2) is 37.4 Å². The molecular formula is C23H28O8. The third-order valence-corrected chi connectivity index (χ3v) is 5.11. The third kappa shape index (κ3) is 5.00. The van der Waals surface area contributed by atoms with Crippen LogP contribution in [0, 0.1) is 0 Å². The van der Waals surface area contributed by atoms with Gasteiger partial charge in [-0.1, -0.05) is 0 Å². The standard InChI is InChI=1S/C23H28O8/c1-5-27-21(24)13(3)29-15-11-18(30-14(4)22(25)28-6-2)20-16-9-7-8-10-17(16)23(26)31-19(20)12-15/h11-14H,5-10H2,1-4H3/t13-,14-/m1/s1. The molecule has 1 heterocycles. The molecular weight excluding hydrogens is 404 g/mol. The zero-order valence-electron chi connectivity index (χ0n) is 18.3. The van der Waals surface area contributed by atoms with Gasteiger partial charge in [0.15, 0.2) is 12.2 Å². The van der Waals surface area contributed by atoms with Crippen LogP contribution in [0.1, 0.15) is 51.7 Å². The number of carbonyl (C=O) groups is 2. The summed E-state index contributed by atoms with van der Waals surface area (Å²) >= 11 is 0. The Morgan fingerprint density at radius 1 is 0.935 bits per heavy atom. The van der Waals surface area contributed by atoms with Crippen LogP contribution in [0.3, 0.4) is 0 Å². The summed E-state index contributed by atoms with van der Waals surface area (Å²) in [5.41, 5.74) is 1.40. The summed E-state index contributed by atoms with van der Waals surface area (Å²) in [7, 11) is 0.